The van der Waals surface area contributed by atoms with Crippen LogP contribution in [0.2, 0.25) is 0 Å². The second kappa shape index (κ2) is 5.56. The minimum Gasteiger partial charge on any atom is -0.379 e. The van der Waals surface area contributed by atoms with Crippen molar-refractivity contribution in [1.82, 2.24) is 15.3 Å². The Kier molecular flexibility index (Phi) is 3.85. The summed E-state index contributed by atoms with van der Waals surface area (Å²) in [5.41, 5.74) is 4.77. The fourth-order valence-electron chi connectivity index (χ4n) is 1.89. The number of aromatic amines is 1. The van der Waals surface area contributed by atoms with E-state index >= 15 is 0 Å². The van der Waals surface area contributed by atoms with Gasteiger partial charge in [-0.3, -0.25) is 4.79 Å². The number of hydrogen-bond donors (Lipinski definition) is 3. The quantitative estimate of drug-likeness (QED) is 0.785. The van der Waals surface area contributed by atoms with Crippen molar-refractivity contribution >= 4 is 11.6 Å². The summed E-state index contributed by atoms with van der Waals surface area (Å²) < 4.78 is 0. The molecule has 1 heterocycles. The highest BCUT2D eigenvalue weighted by molar-refractivity contribution is 5.94. The zero-order valence-corrected chi connectivity index (χ0v) is 11.4. The van der Waals surface area contributed by atoms with Crippen LogP contribution in [0.15, 0.2) is 24.5 Å². The molecule has 0 unspecified atom stereocenters. The summed E-state index contributed by atoms with van der Waals surface area (Å²) >= 11 is 0. The molecule has 5 nitrogen and oxygen atoms in total. The Balaban J connectivity index is 2.09. The van der Waals surface area contributed by atoms with E-state index in [2.05, 4.69) is 20.6 Å². The lowest BCUT2D eigenvalue weighted by atomic mass is 10.1. The average molecular weight is 258 g/mol. The maximum Gasteiger partial charge on any atom is 0.251 e. The number of benzene rings is 1. The van der Waals surface area contributed by atoms with Gasteiger partial charge in [0.1, 0.15) is 0 Å². The van der Waals surface area contributed by atoms with E-state index in [9.17, 15) is 4.79 Å². The van der Waals surface area contributed by atoms with Crippen molar-refractivity contribution in [3.05, 3.63) is 47.0 Å². The number of aryl methyl sites for hydroxylation is 2. The smallest absolute Gasteiger partial charge is 0.251 e. The number of nitrogens with zero attached hydrogens (tertiary/aromatic N) is 1. The van der Waals surface area contributed by atoms with Crippen molar-refractivity contribution < 1.29 is 4.79 Å². The standard InChI is InChI=1S/C14H18N4O/c1-9-6-11(14(19)15-3)4-5-12(9)16-7-13-10(2)17-8-18-13/h4-6,8,16H,7H2,1-3H3,(H,15,19)(H,17,18). The topological polar surface area (TPSA) is 69.8 Å². The lowest BCUT2D eigenvalue weighted by molar-refractivity contribution is 0.0963. The van der Waals surface area contributed by atoms with Crippen molar-refractivity contribution in [3.8, 4) is 0 Å². The van der Waals surface area contributed by atoms with Crippen LogP contribution in [0.4, 0.5) is 5.69 Å². The zero-order chi connectivity index (χ0) is 13.8. The highest BCUT2D eigenvalue weighted by atomic mass is 16.1. The second-order valence-corrected chi connectivity index (χ2v) is 4.44. The maximum atomic E-state index is 11.5. The van der Waals surface area contributed by atoms with Gasteiger partial charge in [0, 0.05) is 24.0 Å². The van der Waals surface area contributed by atoms with Crippen LogP contribution in [0.5, 0.6) is 0 Å². The van der Waals surface area contributed by atoms with Gasteiger partial charge in [-0.05, 0) is 37.6 Å². The van der Waals surface area contributed by atoms with Crippen molar-refractivity contribution in [1.29, 1.82) is 0 Å². The van der Waals surface area contributed by atoms with Crippen LogP contribution < -0.4 is 10.6 Å². The molecular formula is C14H18N4O. The molecule has 0 saturated carbocycles. The van der Waals surface area contributed by atoms with Gasteiger partial charge in [-0.2, -0.15) is 0 Å². The molecule has 0 saturated heterocycles. The van der Waals surface area contributed by atoms with E-state index < -0.39 is 0 Å². The molecule has 0 bridgehead atoms. The Labute approximate surface area is 112 Å². The van der Waals surface area contributed by atoms with Gasteiger partial charge in [0.2, 0.25) is 0 Å². The van der Waals surface area contributed by atoms with Crippen molar-refractivity contribution in [2.75, 3.05) is 12.4 Å². The van der Waals surface area contributed by atoms with Crippen LogP contribution in [0.25, 0.3) is 0 Å². The van der Waals surface area contributed by atoms with Gasteiger partial charge in [0.05, 0.1) is 18.6 Å². The third kappa shape index (κ3) is 2.93. The zero-order valence-electron chi connectivity index (χ0n) is 11.4. The predicted molar refractivity (Wildman–Crippen MR) is 75.2 cm³/mol. The van der Waals surface area contributed by atoms with Crippen LogP contribution in [0.3, 0.4) is 0 Å². The molecule has 19 heavy (non-hydrogen) atoms. The van der Waals surface area contributed by atoms with Crippen molar-refractivity contribution in [2.45, 2.75) is 20.4 Å². The molecule has 100 valence electrons. The lowest BCUT2D eigenvalue weighted by Gasteiger charge is -2.10. The van der Waals surface area contributed by atoms with E-state index in [0.29, 0.717) is 12.1 Å². The summed E-state index contributed by atoms with van der Waals surface area (Å²) in [6.07, 6.45) is 1.69. The third-order valence-corrected chi connectivity index (χ3v) is 3.10. The van der Waals surface area contributed by atoms with Crippen LogP contribution in [-0.4, -0.2) is 22.9 Å². The van der Waals surface area contributed by atoms with Crippen LogP contribution in [0.1, 0.15) is 27.3 Å². The molecule has 0 aliphatic heterocycles. The molecule has 0 aliphatic rings. The molecule has 0 radical (unpaired) electrons. The monoisotopic (exact) mass is 258 g/mol. The van der Waals surface area contributed by atoms with Gasteiger partial charge >= 0.3 is 0 Å². The first kappa shape index (κ1) is 13.1. The Hall–Kier alpha value is -2.30. The summed E-state index contributed by atoms with van der Waals surface area (Å²) in [6, 6.07) is 5.60. The fraction of sp³-hybridized carbons (Fsp3) is 0.286. The predicted octanol–water partition coefficient (Wildman–Crippen LogP) is 2.00. The fourth-order valence-corrected chi connectivity index (χ4v) is 1.89. The van der Waals surface area contributed by atoms with Crippen LogP contribution >= 0.6 is 0 Å². The first-order valence-electron chi connectivity index (χ1n) is 6.17. The molecule has 2 rings (SSSR count). The molecule has 1 aromatic heterocycles. The van der Waals surface area contributed by atoms with Crippen LogP contribution in [-0.2, 0) is 6.54 Å². The molecular weight excluding hydrogens is 240 g/mol. The number of carbonyl (C=O) groups is 1. The largest absolute Gasteiger partial charge is 0.379 e. The molecule has 0 aliphatic carbocycles. The van der Waals surface area contributed by atoms with E-state index in [1.54, 1.807) is 13.4 Å². The Morgan fingerprint density at radius 3 is 2.74 bits per heavy atom. The van der Waals surface area contributed by atoms with Gasteiger partial charge in [-0.15, -0.1) is 0 Å². The first-order valence-corrected chi connectivity index (χ1v) is 6.17. The first-order chi connectivity index (χ1) is 9.11. The van der Waals surface area contributed by atoms with Gasteiger partial charge in [0.15, 0.2) is 0 Å². The third-order valence-electron chi connectivity index (χ3n) is 3.10. The highest BCUT2D eigenvalue weighted by Crippen LogP contribution is 2.17. The Morgan fingerprint density at radius 1 is 1.37 bits per heavy atom. The summed E-state index contributed by atoms with van der Waals surface area (Å²) in [6.45, 7) is 4.63. The Morgan fingerprint density at radius 2 is 2.16 bits per heavy atom. The van der Waals surface area contributed by atoms with Crippen LogP contribution in [0, 0.1) is 13.8 Å². The minimum atomic E-state index is -0.0715. The van der Waals surface area contributed by atoms with Crippen molar-refractivity contribution in [2.24, 2.45) is 0 Å². The second-order valence-electron chi connectivity index (χ2n) is 4.44. The number of aromatic nitrogens is 2. The van der Waals surface area contributed by atoms with Gasteiger partial charge in [-0.1, -0.05) is 0 Å². The number of carbonyl (C=O) groups excluding carboxylic acids is 1. The number of nitrogens with one attached hydrogen (secondary N) is 3. The van der Waals surface area contributed by atoms with E-state index in [-0.39, 0.29) is 5.91 Å². The van der Waals surface area contributed by atoms with Crippen molar-refractivity contribution in [3.63, 3.8) is 0 Å². The minimum absolute atomic E-state index is 0.0715. The van der Waals surface area contributed by atoms with E-state index in [1.807, 2.05) is 32.0 Å². The average Bonchev–Trinajstić information content (AvgIpc) is 2.82. The molecule has 3 N–H and O–H groups in total. The molecule has 1 aromatic carbocycles. The van der Waals surface area contributed by atoms with Gasteiger partial charge in [0.25, 0.3) is 5.91 Å². The number of anilines is 1. The SMILES string of the molecule is CNC(=O)c1ccc(NCc2nc[nH]c2C)c(C)c1. The summed E-state index contributed by atoms with van der Waals surface area (Å²) in [5.74, 6) is -0.0715. The molecule has 5 heteroatoms. The number of H-pyrrole nitrogens is 1. The van der Waals surface area contributed by atoms with E-state index in [1.165, 1.54) is 0 Å². The number of rotatable bonds is 4. The van der Waals surface area contributed by atoms with E-state index in [0.717, 1.165) is 22.6 Å². The molecule has 1 amide bonds. The number of amides is 1. The highest BCUT2D eigenvalue weighted by Gasteiger charge is 2.06. The number of imidazole rings is 1. The normalized spacial score (nSPS) is 10.3. The maximum absolute atomic E-state index is 11.5. The molecule has 0 atom stereocenters. The van der Waals surface area contributed by atoms with Gasteiger partial charge in [-0.25, -0.2) is 4.98 Å². The Bertz CT molecular complexity index is 589. The molecule has 2 aromatic rings. The summed E-state index contributed by atoms with van der Waals surface area (Å²) in [4.78, 5) is 18.8. The summed E-state index contributed by atoms with van der Waals surface area (Å²) in [7, 11) is 1.63. The number of hydrogen-bond acceptors (Lipinski definition) is 3. The lowest BCUT2D eigenvalue weighted by Crippen LogP contribution is -2.17. The summed E-state index contributed by atoms with van der Waals surface area (Å²) in [5, 5.41) is 5.94. The molecule has 0 spiro atoms. The van der Waals surface area contributed by atoms with E-state index in [4.69, 9.17) is 0 Å². The van der Waals surface area contributed by atoms with Gasteiger partial charge < -0.3 is 15.6 Å². The molecule has 0 fully saturated rings.